The number of rotatable bonds is 6. The number of benzene rings is 1. The highest BCUT2D eigenvalue weighted by atomic mass is 32.2. The van der Waals surface area contributed by atoms with Gasteiger partial charge in [-0.3, -0.25) is 9.78 Å². The molecule has 0 fully saturated rings. The van der Waals surface area contributed by atoms with Crippen molar-refractivity contribution in [3.8, 4) is 11.5 Å². The summed E-state index contributed by atoms with van der Waals surface area (Å²) >= 11 is 0.720. The van der Waals surface area contributed by atoms with E-state index in [1.165, 1.54) is 0 Å². The molecule has 8 heteroatoms. The Morgan fingerprint density at radius 3 is 2.64 bits per heavy atom. The summed E-state index contributed by atoms with van der Waals surface area (Å²) in [5.74, 6) is -0.192. The Morgan fingerprint density at radius 2 is 1.96 bits per heavy atom. The van der Waals surface area contributed by atoms with Crippen LogP contribution in [0.1, 0.15) is 6.92 Å². The minimum atomic E-state index is -1.80. The van der Waals surface area contributed by atoms with E-state index >= 15 is 0 Å². The number of pyridine rings is 1. The molecule has 0 spiro atoms. The molecular weight excluding hydrogens is 341 g/mol. The summed E-state index contributed by atoms with van der Waals surface area (Å²) < 4.78 is 16.1. The van der Waals surface area contributed by atoms with Gasteiger partial charge in [-0.1, -0.05) is 24.3 Å². The van der Waals surface area contributed by atoms with Crippen LogP contribution < -0.4 is 5.32 Å². The van der Waals surface area contributed by atoms with Crippen LogP contribution in [0.3, 0.4) is 0 Å². The van der Waals surface area contributed by atoms with Gasteiger partial charge in [0.25, 0.3) is 5.91 Å². The van der Waals surface area contributed by atoms with Crippen LogP contribution in [0.2, 0.25) is 0 Å². The molecule has 0 saturated carbocycles. The number of nitrogens with zero attached hydrogens (tertiary/aromatic N) is 4. The average Bonchev–Trinajstić information content (AvgIpc) is 3.05. The molecule has 0 aliphatic carbocycles. The first-order chi connectivity index (χ1) is 12.2. The molecule has 1 atom stereocenters. The second kappa shape index (κ2) is 7.89. The van der Waals surface area contributed by atoms with Crippen molar-refractivity contribution in [1.82, 2.24) is 19.7 Å². The molecule has 0 saturated heterocycles. The topological polar surface area (TPSA) is 72.7 Å². The predicted molar refractivity (Wildman–Crippen MR) is 94.8 cm³/mol. The number of halogens is 1. The van der Waals surface area contributed by atoms with Crippen molar-refractivity contribution < 1.29 is 9.18 Å². The molecule has 0 aliphatic heterocycles. The van der Waals surface area contributed by atoms with Crippen molar-refractivity contribution in [2.24, 2.45) is 0 Å². The number of para-hydroxylation sites is 1. The van der Waals surface area contributed by atoms with Crippen LogP contribution in [-0.4, -0.2) is 31.2 Å². The standard InChI is InChI=1S/C17H16FN5OS/c1-2-23-15(13-10-6-7-11-19-13)21-22-17(23)25-14(18)16(24)20-12-8-4-3-5-9-12/h3-11,14H,2H2,1H3,(H,20,24). The third-order valence-corrected chi connectivity index (χ3v) is 4.32. The number of alkyl halides is 1. The molecule has 1 amide bonds. The zero-order valence-corrected chi connectivity index (χ0v) is 14.3. The first-order valence-electron chi connectivity index (χ1n) is 7.70. The van der Waals surface area contributed by atoms with E-state index in [2.05, 4.69) is 20.5 Å². The largest absolute Gasteiger partial charge is 0.323 e. The van der Waals surface area contributed by atoms with Crippen molar-refractivity contribution >= 4 is 23.4 Å². The molecule has 0 bridgehead atoms. The van der Waals surface area contributed by atoms with E-state index in [-0.39, 0.29) is 0 Å². The third kappa shape index (κ3) is 4.03. The summed E-state index contributed by atoms with van der Waals surface area (Å²) in [7, 11) is 0. The molecule has 0 aliphatic rings. The van der Waals surface area contributed by atoms with Gasteiger partial charge in [0, 0.05) is 18.4 Å². The van der Waals surface area contributed by atoms with Crippen molar-refractivity contribution in [2.75, 3.05) is 5.32 Å². The Morgan fingerprint density at radius 1 is 1.20 bits per heavy atom. The number of hydrogen-bond acceptors (Lipinski definition) is 5. The average molecular weight is 357 g/mol. The highest BCUT2D eigenvalue weighted by Gasteiger charge is 2.23. The molecule has 2 heterocycles. The lowest BCUT2D eigenvalue weighted by atomic mass is 10.3. The minimum Gasteiger partial charge on any atom is -0.323 e. The maximum Gasteiger partial charge on any atom is 0.269 e. The lowest BCUT2D eigenvalue weighted by molar-refractivity contribution is -0.118. The van der Waals surface area contributed by atoms with Crippen molar-refractivity contribution in [2.45, 2.75) is 24.1 Å². The van der Waals surface area contributed by atoms with Gasteiger partial charge in [-0.25, -0.2) is 4.39 Å². The molecule has 0 radical (unpaired) electrons. The molecule has 128 valence electrons. The van der Waals surface area contributed by atoms with Gasteiger partial charge in [0.05, 0.1) is 0 Å². The van der Waals surface area contributed by atoms with Crippen LogP contribution in [0, 0.1) is 0 Å². The second-order valence-electron chi connectivity index (χ2n) is 5.05. The molecule has 3 aromatic rings. The Hall–Kier alpha value is -2.74. The van der Waals surface area contributed by atoms with Crippen LogP contribution in [-0.2, 0) is 11.3 Å². The van der Waals surface area contributed by atoms with E-state index in [0.717, 1.165) is 11.8 Å². The van der Waals surface area contributed by atoms with Crippen LogP contribution in [0.4, 0.5) is 10.1 Å². The Labute approximate surface area is 148 Å². The number of carbonyl (C=O) groups excluding carboxylic acids is 1. The van der Waals surface area contributed by atoms with Crippen LogP contribution >= 0.6 is 11.8 Å². The smallest absolute Gasteiger partial charge is 0.269 e. The van der Waals surface area contributed by atoms with E-state index in [0.29, 0.717) is 28.9 Å². The van der Waals surface area contributed by atoms with Gasteiger partial charge in [-0.05, 0) is 43.0 Å². The van der Waals surface area contributed by atoms with Crippen molar-refractivity contribution in [1.29, 1.82) is 0 Å². The normalized spacial score (nSPS) is 11.9. The predicted octanol–water partition coefficient (Wildman–Crippen LogP) is 3.39. The summed E-state index contributed by atoms with van der Waals surface area (Å²) in [5.41, 5.74) is -0.610. The number of hydrogen-bond donors (Lipinski definition) is 1. The highest BCUT2D eigenvalue weighted by molar-refractivity contribution is 8.00. The number of thioether (sulfide) groups is 1. The van der Waals surface area contributed by atoms with E-state index in [9.17, 15) is 9.18 Å². The first kappa shape index (κ1) is 17.1. The SMILES string of the molecule is CCn1c(SC(F)C(=O)Nc2ccccc2)nnc1-c1ccccn1. The highest BCUT2D eigenvalue weighted by Crippen LogP contribution is 2.27. The Bertz CT molecular complexity index is 841. The van der Waals surface area contributed by atoms with Crippen molar-refractivity contribution in [3.63, 3.8) is 0 Å². The summed E-state index contributed by atoms with van der Waals surface area (Å²) in [6, 6.07) is 14.2. The summed E-state index contributed by atoms with van der Waals surface area (Å²) in [6.07, 6.45) is 1.65. The number of nitrogens with one attached hydrogen (secondary N) is 1. The maximum atomic E-state index is 14.4. The Kier molecular flexibility index (Phi) is 5.39. The number of anilines is 1. The minimum absolute atomic E-state index is 0.332. The fraction of sp³-hybridized carbons (Fsp3) is 0.176. The van der Waals surface area contributed by atoms with Gasteiger partial charge in [0.15, 0.2) is 11.0 Å². The van der Waals surface area contributed by atoms with Gasteiger partial charge in [-0.15, -0.1) is 10.2 Å². The van der Waals surface area contributed by atoms with E-state index in [1.54, 1.807) is 47.2 Å². The molecule has 1 aromatic carbocycles. The van der Waals surface area contributed by atoms with Crippen LogP contribution in [0.15, 0.2) is 59.9 Å². The maximum absolute atomic E-state index is 14.4. The van der Waals surface area contributed by atoms with E-state index in [1.807, 2.05) is 19.1 Å². The van der Waals surface area contributed by atoms with E-state index in [4.69, 9.17) is 0 Å². The quantitative estimate of drug-likeness (QED) is 0.685. The molecule has 3 rings (SSSR count). The van der Waals surface area contributed by atoms with Crippen molar-refractivity contribution in [3.05, 3.63) is 54.7 Å². The zero-order valence-electron chi connectivity index (χ0n) is 13.5. The van der Waals surface area contributed by atoms with E-state index < -0.39 is 11.4 Å². The molecule has 25 heavy (non-hydrogen) atoms. The van der Waals surface area contributed by atoms with Gasteiger partial charge < -0.3 is 9.88 Å². The molecule has 1 N–H and O–H groups in total. The molecule has 2 aromatic heterocycles. The number of aromatic nitrogens is 4. The zero-order chi connectivity index (χ0) is 17.6. The number of amides is 1. The third-order valence-electron chi connectivity index (χ3n) is 3.38. The second-order valence-corrected chi connectivity index (χ2v) is 6.07. The van der Waals surface area contributed by atoms with Gasteiger partial charge in [0.1, 0.15) is 5.69 Å². The van der Waals surface area contributed by atoms with Crippen LogP contribution in [0.5, 0.6) is 0 Å². The summed E-state index contributed by atoms with van der Waals surface area (Å²) in [6.45, 7) is 2.44. The fourth-order valence-electron chi connectivity index (χ4n) is 2.21. The molecular formula is C17H16FN5OS. The van der Waals surface area contributed by atoms with Gasteiger partial charge >= 0.3 is 0 Å². The lowest BCUT2D eigenvalue weighted by Gasteiger charge is -2.10. The fourth-order valence-corrected chi connectivity index (χ4v) is 2.99. The Balaban J connectivity index is 1.74. The monoisotopic (exact) mass is 357 g/mol. The van der Waals surface area contributed by atoms with Crippen LogP contribution in [0.25, 0.3) is 11.5 Å². The van der Waals surface area contributed by atoms with Gasteiger partial charge in [-0.2, -0.15) is 0 Å². The first-order valence-corrected chi connectivity index (χ1v) is 8.58. The summed E-state index contributed by atoms with van der Waals surface area (Å²) in [5, 5.41) is 11.0. The molecule has 6 nitrogen and oxygen atoms in total. The lowest BCUT2D eigenvalue weighted by Crippen LogP contribution is -2.21. The summed E-state index contributed by atoms with van der Waals surface area (Å²) in [4.78, 5) is 16.3. The number of carbonyl (C=O) groups is 1. The van der Waals surface area contributed by atoms with Gasteiger partial charge in [0.2, 0.25) is 5.50 Å². The molecule has 1 unspecified atom stereocenters.